The third-order valence-corrected chi connectivity index (χ3v) is 7.53. The van der Waals surface area contributed by atoms with Crippen LogP contribution in [-0.2, 0) is 22.9 Å². The molecular weight excluding hydrogens is 422 g/mol. The molecule has 2 aromatic carbocycles. The van der Waals surface area contributed by atoms with Gasteiger partial charge in [-0.05, 0) is 86.1 Å². The molecule has 166 valence electrons. The summed E-state index contributed by atoms with van der Waals surface area (Å²) in [6, 6.07) is 14.6. The lowest BCUT2D eigenvalue weighted by Gasteiger charge is -2.17. The molecule has 2 N–H and O–H groups in total. The Bertz CT molecular complexity index is 1210. The Kier molecular flexibility index (Phi) is 5.70. The second-order valence-corrected chi connectivity index (χ2v) is 10.1. The predicted octanol–water partition coefficient (Wildman–Crippen LogP) is 4.50. The third-order valence-electron chi connectivity index (χ3n) is 6.15. The standard InChI is InChI=1S/C24H27N5O2S/c30-32(31,23-12-7-18-5-1-2-6-19(18)15-23)28-21-10-8-20(9-11-21)26-24-16-22(17-25-27-24)29-13-3-4-14-29/h7-12,15-17,28H,1-6,13-14H2,(H,26,27). The quantitative estimate of drug-likeness (QED) is 0.576. The van der Waals surface area contributed by atoms with Crippen LogP contribution in [-0.4, -0.2) is 31.7 Å². The highest BCUT2D eigenvalue weighted by atomic mass is 32.2. The van der Waals surface area contributed by atoms with Gasteiger partial charge in [-0.25, -0.2) is 8.42 Å². The van der Waals surface area contributed by atoms with Crippen LogP contribution in [0.4, 0.5) is 22.9 Å². The topological polar surface area (TPSA) is 87.2 Å². The lowest BCUT2D eigenvalue weighted by molar-refractivity contribution is 0.600. The number of nitrogens with zero attached hydrogens (tertiary/aromatic N) is 3. The summed E-state index contributed by atoms with van der Waals surface area (Å²) in [6.07, 6.45) is 8.45. The molecule has 0 bridgehead atoms. The minimum atomic E-state index is -3.63. The summed E-state index contributed by atoms with van der Waals surface area (Å²) in [5, 5.41) is 11.5. The first-order valence-electron chi connectivity index (χ1n) is 11.2. The fourth-order valence-corrected chi connectivity index (χ4v) is 5.54. The maximum absolute atomic E-state index is 12.9. The number of benzene rings is 2. The molecule has 1 aliphatic heterocycles. The van der Waals surface area contributed by atoms with Crippen molar-refractivity contribution >= 4 is 32.9 Å². The zero-order chi connectivity index (χ0) is 22.0. The Labute approximate surface area is 188 Å². The van der Waals surface area contributed by atoms with Crippen LogP contribution in [0.3, 0.4) is 0 Å². The van der Waals surface area contributed by atoms with Crippen LogP contribution in [0.1, 0.15) is 36.8 Å². The number of aryl methyl sites for hydroxylation is 2. The summed E-state index contributed by atoms with van der Waals surface area (Å²) >= 11 is 0. The minimum Gasteiger partial charge on any atom is -0.370 e. The van der Waals surface area contributed by atoms with Gasteiger partial charge >= 0.3 is 0 Å². The average molecular weight is 450 g/mol. The summed E-state index contributed by atoms with van der Waals surface area (Å²) < 4.78 is 28.4. The van der Waals surface area contributed by atoms with E-state index in [0.29, 0.717) is 16.4 Å². The Hall–Kier alpha value is -3.13. The van der Waals surface area contributed by atoms with Crippen molar-refractivity contribution in [1.29, 1.82) is 0 Å². The van der Waals surface area contributed by atoms with E-state index in [0.717, 1.165) is 49.3 Å². The van der Waals surface area contributed by atoms with Crippen LogP contribution in [0, 0.1) is 0 Å². The molecule has 5 rings (SSSR count). The van der Waals surface area contributed by atoms with Crippen LogP contribution in [0.2, 0.25) is 0 Å². The zero-order valence-electron chi connectivity index (χ0n) is 17.9. The van der Waals surface area contributed by atoms with Gasteiger partial charge < -0.3 is 10.2 Å². The molecule has 2 heterocycles. The van der Waals surface area contributed by atoms with E-state index >= 15 is 0 Å². The number of fused-ring (bicyclic) bond motifs is 1. The molecule has 1 aliphatic carbocycles. The smallest absolute Gasteiger partial charge is 0.261 e. The zero-order valence-corrected chi connectivity index (χ0v) is 18.7. The summed E-state index contributed by atoms with van der Waals surface area (Å²) in [7, 11) is -3.63. The molecule has 0 radical (unpaired) electrons. The van der Waals surface area contributed by atoms with Crippen molar-refractivity contribution in [2.75, 3.05) is 28.0 Å². The van der Waals surface area contributed by atoms with Crippen molar-refractivity contribution < 1.29 is 8.42 Å². The number of aromatic nitrogens is 2. The lowest BCUT2D eigenvalue weighted by atomic mass is 9.92. The van der Waals surface area contributed by atoms with Crippen LogP contribution in [0.15, 0.2) is 59.6 Å². The Morgan fingerprint density at radius 3 is 2.31 bits per heavy atom. The highest BCUT2D eigenvalue weighted by molar-refractivity contribution is 7.92. The van der Waals surface area contributed by atoms with E-state index in [-0.39, 0.29) is 0 Å². The van der Waals surface area contributed by atoms with Gasteiger partial charge in [0.05, 0.1) is 16.8 Å². The molecular formula is C24H27N5O2S. The van der Waals surface area contributed by atoms with E-state index in [1.54, 1.807) is 24.4 Å². The van der Waals surface area contributed by atoms with Crippen molar-refractivity contribution in [3.8, 4) is 0 Å². The van der Waals surface area contributed by atoms with E-state index in [1.165, 1.54) is 24.8 Å². The molecule has 7 nitrogen and oxygen atoms in total. The minimum absolute atomic E-state index is 0.314. The van der Waals surface area contributed by atoms with Crippen molar-refractivity contribution in [3.63, 3.8) is 0 Å². The maximum Gasteiger partial charge on any atom is 0.261 e. The first kappa shape index (κ1) is 20.8. The molecule has 0 unspecified atom stereocenters. The predicted molar refractivity (Wildman–Crippen MR) is 127 cm³/mol. The summed E-state index contributed by atoms with van der Waals surface area (Å²) in [6.45, 7) is 2.09. The second kappa shape index (κ2) is 8.78. The summed E-state index contributed by atoms with van der Waals surface area (Å²) in [4.78, 5) is 2.62. The molecule has 2 aliphatic rings. The fraction of sp³-hybridized carbons (Fsp3) is 0.333. The van der Waals surface area contributed by atoms with E-state index in [2.05, 4.69) is 25.1 Å². The van der Waals surface area contributed by atoms with Gasteiger partial charge in [-0.2, -0.15) is 5.10 Å². The van der Waals surface area contributed by atoms with Crippen molar-refractivity contribution in [3.05, 3.63) is 65.9 Å². The SMILES string of the molecule is O=S(=O)(Nc1ccc(Nc2cc(N3CCCC3)cnn2)cc1)c1ccc2c(c1)CCCC2. The first-order valence-corrected chi connectivity index (χ1v) is 12.6. The number of anilines is 4. The number of rotatable bonds is 6. The van der Waals surface area contributed by atoms with E-state index in [1.807, 2.05) is 30.3 Å². The lowest BCUT2D eigenvalue weighted by Crippen LogP contribution is -2.18. The van der Waals surface area contributed by atoms with Gasteiger partial charge in [0.2, 0.25) is 0 Å². The molecule has 0 atom stereocenters. The van der Waals surface area contributed by atoms with Crippen molar-refractivity contribution in [2.24, 2.45) is 0 Å². The van der Waals surface area contributed by atoms with Gasteiger partial charge in [-0.3, -0.25) is 4.72 Å². The molecule has 0 spiro atoms. The van der Waals surface area contributed by atoms with E-state index < -0.39 is 10.0 Å². The molecule has 1 saturated heterocycles. The van der Waals surface area contributed by atoms with E-state index in [4.69, 9.17) is 0 Å². The van der Waals surface area contributed by atoms with Gasteiger partial charge in [0.25, 0.3) is 10.0 Å². The first-order chi connectivity index (χ1) is 15.6. The fourth-order valence-electron chi connectivity index (χ4n) is 4.43. The van der Waals surface area contributed by atoms with Gasteiger partial charge in [-0.1, -0.05) is 6.07 Å². The van der Waals surface area contributed by atoms with Gasteiger partial charge in [-0.15, -0.1) is 5.10 Å². The largest absolute Gasteiger partial charge is 0.370 e. The summed E-state index contributed by atoms with van der Waals surface area (Å²) in [5.41, 5.74) is 4.81. The van der Waals surface area contributed by atoms with Crippen LogP contribution in [0.25, 0.3) is 0 Å². The summed E-state index contributed by atoms with van der Waals surface area (Å²) in [5.74, 6) is 0.664. The second-order valence-electron chi connectivity index (χ2n) is 8.44. The monoisotopic (exact) mass is 449 g/mol. The molecule has 0 saturated carbocycles. The van der Waals surface area contributed by atoms with Crippen LogP contribution in [0.5, 0.6) is 0 Å². The Morgan fingerprint density at radius 2 is 1.53 bits per heavy atom. The highest BCUT2D eigenvalue weighted by Crippen LogP contribution is 2.27. The molecule has 1 fully saturated rings. The van der Waals surface area contributed by atoms with Gasteiger partial charge in [0.1, 0.15) is 0 Å². The Balaban J connectivity index is 1.27. The molecule has 32 heavy (non-hydrogen) atoms. The van der Waals surface area contributed by atoms with Gasteiger partial charge in [0.15, 0.2) is 5.82 Å². The highest BCUT2D eigenvalue weighted by Gasteiger charge is 2.18. The van der Waals surface area contributed by atoms with Crippen molar-refractivity contribution in [1.82, 2.24) is 10.2 Å². The van der Waals surface area contributed by atoms with Crippen molar-refractivity contribution in [2.45, 2.75) is 43.4 Å². The molecule has 8 heteroatoms. The molecule has 0 amide bonds. The molecule has 1 aromatic heterocycles. The normalized spacial score (nSPS) is 15.9. The van der Waals surface area contributed by atoms with Crippen LogP contribution < -0.4 is 14.9 Å². The van der Waals surface area contributed by atoms with Gasteiger partial charge in [0, 0.05) is 30.5 Å². The average Bonchev–Trinajstić information content (AvgIpc) is 3.35. The molecule has 3 aromatic rings. The number of hydrogen-bond acceptors (Lipinski definition) is 6. The number of nitrogens with one attached hydrogen (secondary N) is 2. The number of hydrogen-bond donors (Lipinski definition) is 2. The Morgan fingerprint density at radius 1 is 0.812 bits per heavy atom. The van der Waals surface area contributed by atoms with Crippen LogP contribution >= 0.6 is 0 Å². The third kappa shape index (κ3) is 4.55. The van der Waals surface area contributed by atoms with E-state index in [9.17, 15) is 8.42 Å². The maximum atomic E-state index is 12.9. The number of sulfonamides is 1.